The van der Waals surface area contributed by atoms with Crippen LogP contribution in [0.2, 0.25) is 4.34 Å². The second-order valence-corrected chi connectivity index (χ2v) is 5.87. The number of carboxylic acid groups (broad SMARTS) is 1. The van der Waals surface area contributed by atoms with Crippen molar-refractivity contribution in [3.63, 3.8) is 0 Å². The van der Waals surface area contributed by atoms with Gasteiger partial charge in [0.1, 0.15) is 18.1 Å². The van der Waals surface area contributed by atoms with Gasteiger partial charge in [0, 0.05) is 22.6 Å². The molecule has 4 nitrogen and oxygen atoms in total. The Bertz CT molecular complexity index is 663. The van der Waals surface area contributed by atoms with Crippen LogP contribution < -0.4 is 9.47 Å². The van der Waals surface area contributed by atoms with E-state index in [1.54, 1.807) is 25.3 Å². The van der Waals surface area contributed by atoms with Crippen LogP contribution in [0.25, 0.3) is 6.08 Å². The highest BCUT2D eigenvalue weighted by atomic mass is 35.5. The maximum atomic E-state index is 10.6. The molecule has 1 aromatic carbocycles. The zero-order valence-electron chi connectivity index (χ0n) is 11.2. The van der Waals surface area contributed by atoms with E-state index in [4.69, 9.17) is 26.2 Å². The van der Waals surface area contributed by atoms with Crippen molar-refractivity contribution < 1.29 is 19.4 Å². The van der Waals surface area contributed by atoms with Crippen LogP contribution in [-0.4, -0.2) is 18.2 Å². The number of rotatable bonds is 6. The highest BCUT2D eigenvalue weighted by molar-refractivity contribution is 7.16. The summed E-state index contributed by atoms with van der Waals surface area (Å²) in [5.74, 6) is 0.180. The molecular formula is C15H13ClO4S. The molecule has 1 aromatic heterocycles. The molecule has 0 aliphatic heterocycles. The average molecular weight is 325 g/mol. The van der Waals surface area contributed by atoms with E-state index in [0.29, 0.717) is 28.0 Å². The van der Waals surface area contributed by atoms with Gasteiger partial charge in [-0.15, -0.1) is 11.3 Å². The predicted octanol–water partition coefficient (Wildman–Crippen LogP) is 4.09. The van der Waals surface area contributed by atoms with Gasteiger partial charge in [0.2, 0.25) is 0 Å². The third kappa shape index (κ3) is 4.51. The molecular weight excluding hydrogens is 312 g/mol. The van der Waals surface area contributed by atoms with E-state index in [9.17, 15) is 4.79 Å². The Morgan fingerprint density at radius 3 is 2.81 bits per heavy atom. The number of halogens is 1. The van der Waals surface area contributed by atoms with Gasteiger partial charge in [-0.3, -0.25) is 0 Å². The van der Waals surface area contributed by atoms with Gasteiger partial charge in [0.05, 0.1) is 11.4 Å². The zero-order chi connectivity index (χ0) is 15.2. The molecule has 110 valence electrons. The number of carboxylic acids is 1. The molecule has 0 saturated carbocycles. The summed E-state index contributed by atoms with van der Waals surface area (Å²) >= 11 is 7.31. The van der Waals surface area contributed by atoms with Crippen molar-refractivity contribution in [2.75, 3.05) is 7.11 Å². The molecule has 2 rings (SSSR count). The summed E-state index contributed by atoms with van der Waals surface area (Å²) in [4.78, 5) is 11.6. The molecule has 6 heteroatoms. The van der Waals surface area contributed by atoms with Gasteiger partial charge in [-0.2, -0.15) is 0 Å². The van der Waals surface area contributed by atoms with Crippen LogP contribution in [0.4, 0.5) is 0 Å². The second-order valence-electron chi connectivity index (χ2n) is 4.07. The van der Waals surface area contributed by atoms with Gasteiger partial charge in [0.15, 0.2) is 0 Å². The smallest absolute Gasteiger partial charge is 0.328 e. The minimum atomic E-state index is -1.01. The van der Waals surface area contributed by atoms with E-state index in [1.807, 2.05) is 12.1 Å². The number of hydrogen-bond donors (Lipinski definition) is 1. The average Bonchev–Trinajstić information content (AvgIpc) is 2.88. The molecule has 2 aromatic rings. The lowest BCUT2D eigenvalue weighted by Gasteiger charge is -2.10. The summed E-state index contributed by atoms with van der Waals surface area (Å²) in [5, 5.41) is 8.71. The van der Waals surface area contributed by atoms with Crippen LogP contribution in [0.15, 0.2) is 36.4 Å². The first kappa shape index (κ1) is 15.4. The van der Waals surface area contributed by atoms with Crippen molar-refractivity contribution in [2.45, 2.75) is 6.61 Å². The Kier molecular flexibility index (Phi) is 5.25. The summed E-state index contributed by atoms with van der Waals surface area (Å²) in [7, 11) is 1.56. The molecule has 0 amide bonds. The SMILES string of the molecule is COc1ccc(/C=C/C(=O)O)c(OCc2ccc(Cl)s2)c1. The molecule has 0 fully saturated rings. The number of carbonyl (C=O) groups is 1. The van der Waals surface area contributed by atoms with Crippen molar-refractivity contribution >= 4 is 35.0 Å². The Hall–Kier alpha value is -1.98. The first-order valence-corrected chi connectivity index (χ1v) is 7.24. The molecule has 0 saturated heterocycles. The number of thiophene rings is 1. The lowest BCUT2D eigenvalue weighted by molar-refractivity contribution is -0.131. The third-order valence-electron chi connectivity index (χ3n) is 2.62. The maximum Gasteiger partial charge on any atom is 0.328 e. The van der Waals surface area contributed by atoms with Gasteiger partial charge in [-0.05, 0) is 30.3 Å². The Labute approximate surface area is 131 Å². The van der Waals surface area contributed by atoms with Gasteiger partial charge in [0.25, 0.3) is 0 Å². The van der Waals surface area contributed by atoms with Crippen molar-refractivity contribution in [1.82, 2.24) is 0 Å². The number of benzene rings is 1. The fraction of sp³-hybridized carbons (Fsp3) is 0.133. The number of methoxy groups -OCH3 is 1. The number of aliphatic carboxylic acids is 1. The largest absolute Gasteiger partial charge is 0.497 e. The van der Waals surface area contributed by atoms with Crippen molar-refractivity contribution in [1.29, 1.82) is 0 Å². The highest BCUT2D eigenvalue weighted by Crippen LogP contribution is 2.28. The van der Waals surface area contributed by atoms with Crippen LogP contribution in [0, 0.1) is 0 Å². The van der Waals surface area contributed by atoms with Crippen molar-refractivity contribution in [3.05, 3.63) is 51.2 Å². The standard InChI is InChI=1S/C15H13ClO4S/c1-19-11-4-2-10(3-7-15(17)18)13(8-11)20-9-12-5-6-14(16)21-12/h2-8H,9H2,1H3,(H,17,18)/b7-3+. The first-order valence-electron chi connectivity index (χ1n) is 6.04. The second kappa shape index (κ2) is 7.15. The van der Waals surface area contributed by atoms with Crippen LogP contribution in [0.5, 0.6) is 11.5 Å². The van der Waals surface area contributed by atoms with Crippen LogP contribution in [0.1, 0.15) is 10.4 Å². The molecule has 1 N–H and O–H groups in total. The van der Waals surface area contributed by atoms with Crippen LogP contribution in [-0.2, 0) is 11.4 Å². The lowest BCUT2D eigenvalue weighted by atomic mass is 10.1. The van der Waals surface area contributed by atoms with Gasteiger partial charge < -0.3 is 14.6 Å². The minimum Gasteiger partial charge on any atom is -0.497 e. The topological polar surface area (TPSA) is 55.8 Å². The highest BCUT2D eigenvalue weighted by Gasteiger charge is 2.06. The van der Waals surface area contributed by atoms with E-state index in [1.165, 1.54) is 17.4 Å². The fourth-order valence-corrected chi connectivity index (χ4v) is 2.64. The molecule has 0 radical (unpaired) electrons. The third-order valence-corrected chi connectivity index (χ3v) is 3.83. The van der Waals surface area contributed by atoms with E-state index in [0.717, 1.165) is 11.0 Å². The lowest BCUT2D eigenvalue weighted by Crippen LogP contribution is -1.96. The molecule has 1 heterocycles. The number of hydrogen-bond acceptors (Lipinski definition) is 4. The predicted molar refractivity (Wildman–Crippen MR) is 83.3 cm³/mol. The molecule has 0 spiro atoms. The van der Waals surface area contributed by atoms with E-state index >= 15 is 0 Å². The van der Waals surface area contributed by atoms with Gasteiger partial charge >= 0.3 is 5.97 Å². The van der Waals surface area contributed by atoms with Crippen LogP contribution in [0.3, 0.4) is 0 Å². The fourth-order valence-electron chi connectivity index (χ4n) is 1.64. The van der Waals surface area contributed by atoms with E-state index in [-0.39, 0.29) is 0 Å². The van der Waals surface area contributed by atoms with Gasteiger partial charge in [-0.25, -0.2) is 4.79 Å². The van der Waals surface area contributed by atoms with Gasteiger partial charge in [-0.1, -0.05) is 11.6 Å². The Balaban J connectivity index is 2.19. The van der Waals surface area contributed by atoms with Crippen molar-refractivity contribution in [3.8, 4) is 11.5 Å². The van der Waals surface area contributed by atoms with Crippen molar-refractivity contribution in [2.24, 2.45) is 0 Å². The van der Waals surface area contributed by atoms with E-state index < -0.39 is 5.97 Å². The molecule has 0 unspecified atom stereocenters. The molecule has 0 bridgehead atoms. The molecule has 21 heavy (non-hydrogen) atoms. The molecule has 0 atom stereocenters. The Morgan fingerprint density at radius 2 is 2.19 bits per heavy atom. The Morgan fingerprint density at radius 1 is 1.38 bits per heavy atom. The summed E-state index contributed by atoms with van der Waals surface area (Å²) in [6.45, 7) is 0.360. The first-order chi connectivity index (χ1) is 10.1. The summed E-state index contributed by atoms with van der Waals surface area (Å²) in [6, 6.07) is 8.91. The molecule has 0 aliphatic rings. The normalized spacial score (nSPS) is 10.8. The monoisotopic (exact) mass is 324 g/mol. The minimum absolute atomic E-state index is 0.360. The molecule has 0 aliphatic carbocycles. The quantitative estimate of drug-likeness (QED) is 0.813. The number of ether oxygens (including phenoxy) is 2. The summed E-state index contributed by atoms with van der Waals surface area (Å²) in [5.41, 5.74) is 0.667. The summed E-state index contributed by atoms with van der Waals surface area (Å²) < 4.78 is 11.6. The van der Waals surface area contributed by atoms with E-state index in [2.05, 4.69) is 0 Å². The summed E-state index contributed by atoms with van der Waals surface area (Å²) in [6.07, 6.45) is 2.55. The van der Waals surface area contributed by atoms with Crippen LogP contribution >= 0.6 is 22.9 Å². The zero-order valence-corrected chi connectivity index (χ0v) is 12.8. The maximum absolute atomic E-state index is 10.6.